The minimum atomic E-state index is -0.389. The largest absolute Gasteiger partial charge is 0.462 e. The van der Waals surface area contributed by atoms with Crippen molar-refractivity contribution in [1.29, 1.82) is 0 Å². The number of nitrogens with zero attached hydrogens (tertiary/aromatic N) is 3. The number of likely N-dealkylation sites (tertiary alicyclic amines) is 1. The van der Waals surface area contributed by atoms with E-state index in [0.717, 1.165) is 26.1 Å². The fourth-order valence-corrected chi connectivity index (χ4v) is 5.05. The minimum Gasteiger partial charge on any atom is -0.462 e. The summed E-state index contributed by atoms with van der Waals surface area (Å²) in [5.41, 5.74) is 2.98. The first kappa shape index (κ1) is 21.3. The average Bonchev–Trinajstić information content (AvgIpc) is 2.76. The Hall–Kier alpha value is -2.51. The monoisotopic (exact) mass is 436 g/mol. The van der Waals surface area contributed by atoms with Crippen molar-refractivity contribution >= 4 is 11.9 Å². The number of hydrogen-bond donors (Lipinski definition) is 1. The summed E-state index contributed by atoms with van der Waals surface area (Å²) < 4.78 is 10.4. The van der Waals surface area contributed by atoms with E-state index >= 15 is 0 Å². The van der Waals surface area contributed by atoms with Crippen LogP contribution in [0.25, 0.3) is 0 Å². The molecule has 170 valence electrons. The third kappa shape index (κ3) is 4.24. The molecular formula is C25H32N4O3. The van der Waals surface area contributed by atoms with Crippen molar-refractivity contribution < 1.29 is 14.3 Å². The zero-order chi connectivity index (χ0) is 22.0. The number of nitrogens with one attached hydrogen (secondary N) is 1. The molecular weight excluding hydrogens is 404 g/mol. The van der Waals surface area contributed by atoms with Crippen molar-refractivity contribution in [2.45, 2.75) is 56.5 Å². The van der Waals surface area contributed by atoms with Crippen LogP contribution in [-0.2, 0) is 15.0 Å². The molecule has 3 heterocycles. The maximum atomic E-state index is 11.8. The Labute approximate surface area is 189 Å². The second-order valence-corrected chi connectivity index (χ2v) is 9.20. The quantitative estimate of drug-likeness (QED) is 0.663. The topological polar surface area (TPSA) is 76.6 Å². The summed E-state index contributed by atoms with van der Waals surface area (Å²) in [5, 5.41) is 3.54. The highest BCUT2D eigenvalue weighted by molar-refractivity contribution is 5.88. The van der Waals surface area contributed by atoms with Gasteiger partial charge in [0.15, 0.2) is 0 Å². The molecule has 0 bridgehead atoms. The lowest BCUT2D eigenvalue weighted by Crippen LogP contribution is -2.51. The van der Waals surface area contributed by atoms with Gasteiger partial charge in [0, 0.05) is 12.4 Å². The van der Waals surface area contributed by atoms with Crippen LogP contribution in [-0.4, -0.2) is 59.8 Å². The SMILES string of the molecule is CCOC(=O)c1cnc(NC2(c3ccc(C4CCN(C5COC5)CC4)cc3)CCC2)nc1. The Morgan fingerprint density at radius 1 is 1.16 bits per heavy atom. The molecule has 1 aromatic heterocycles. The van der Waals surface area contributed by atoms with E-state index in [9.17, 15) is 4.79 Å². The normalized spacial score (nSPS) is 21.4. The van der Waals surface area contributed by atoms with E-state index in [2.05, 4.69) is 44.5 Å². The standard InChI is InChI=1S/C25H32N4O3/c1-2-32-23(30)20-14-26-24(27-15-20)28-25(10-3-11-25)21-6-4-18(5-7-21)19-8-12-29(13-9-19)22-16-31-17-22/h4-7,14-15,19,22H,2-3,8-13,16-17H2,1H3,(H,26,27,28). The fourth-order valence-electron chi connectivity index (χ4n) is 5.05. The van der Waals surface area contributed by atoms with Crippen LogP contribution in [0.4, 0.5) is 5.95 Å². The number of esters is 1. The number of carbonyl (C=O) groups is 1. The number of carbonyl (C=O) groups excluding carboxylic acids is 1. The Morgan fingerprint density at radius 3 is 2.38 bits per heavy atom. The molecule has 7 heteroatoms. The summed E-state index contributed by atoms with van der Waals surface area (Å²) in [6, 6.07) is 9.83. The molecule has 5 rings (SSSR count). The van der Waals surface area contributed by atoms with Gasteiger partial charge in [-0.1, -0.05) is 24.3 Å². The number of anilines is 1. The van der Waals surface area contributed by atoms with Crippen molar-refractivity contribution in [1.82, 2.24) is 14.9 Å². The van der Waals surface area contributed by atoms with Gasteiger partial charge in [0.1, 0.15) is 0 Å². The first-order valence-electron chi connectivity index (χ1n) is 11.9. The highest BCUT2D eigenvalue weighted by Crippen LogP contribution is 2.44. The van der Waals surface area contributed by atoms with Gasteiger partial charge >= 0.3 is 5.97 Å². The second kappa shape index (κ2) is 9.16. The van der Waals surface area contributed by atoms with E-state index in [1.54, 1.807) is 6.92 Å². The van der Waals surface area contributed by atoms with Crippen molar-refractivity contribution in [3.8, 4) is 0 Å². The summed E-state index contributed by atoms with van der Waals surface area (Å²) in [5.74, 6) is 0.805. The molecule has 3 aliphatic rings. The molecule has 0 amide bonds. The molecule has 2 aromatic rings. The summed E-state index contributed by atoms with van der Waals surface area (Å²) in [7, 11) is 0. The van der Waals surface area contributed by atoms with E-state index in [1.807, 2.05) is 0 Å². The fraction of sp³-hybridized carbons (Fsp3) is 0.560. The first-order valence-corrected chi connectivity index (χ1v) is 11.9. The molecule has 32 heavy (non-hydrogen) atoms. The smallest absolute Gasteiger partial charge is 0.341 e. The lowest BCUT2D eigenvalue weighted by molar-refractivity contribution is -0.0712. The molecule has 2 aliphatic heterocycles. The predicted molar refractivity (Wildman–Crippen MR) is 122 cm³/mol. The number of aromatic nitrogens is 2. The van der Waals surface area contributed by atoms with Crippen LogP contribution in [0.15, 0.2) is 36.7 Å². The van der Waals surface area contributed by atoms with Crippen molar-refractivity contribution in [3.05, 3.63) is 53.3 Å². The van der Waals surface area contributed by atoms with Crippen molar-refractivity contribution in [2.24, 2.45) is 0 Å². The summed E-state index contributed by atoms with van der Waals surface area (Å²) in [6.45, 7) is 6.28. The second-order valence-electron chi connectivity index (χ2n) is 9.20. The van der Waals surface area contributed by atoms with Gasteiger partial charge in [-0.05, 0) is 69.2 Å². The number of benzene rings is 1. The van der Waals surface area contributed by atoms with Crippen LogP contribution in [0, 0.1) is 0 Å². The number of piperidine rings is 1. The van der Waals surface area contributed by atoms with Crippen LogP contribution in [0.3, 0.4) is 0 Å². The van der Waals surface area contributed by atoms with E-state index in [4.69, 9.17) is 9.47 Å². The highest BCUT2D eigenvalue weighted by atomic mass is 16.5. The highest BCUT2D eigenvalue weighted by Gasteiger charge is 2.39. The van der Waals surface area contributed by atoms with Crippen molar-refractivity contribution in [2.75, 3.05) is 38.2 Å². The lowest BCUT2D eigenvalue weighted by Gasteiger charge is -2.43. The molecule has 1 saturated carbocycles. The Bertz CT molecular complexity index is 915. The number of hydrogen-bond acceptors (Lipinski definition) is 7. The zero-order valence-electron chi connectivity index (χ0n) is 18.8. The minimum absolute atomic E-state index is 0.127. The zero-order valence-corrected chi connectivity index (χ0v) is 18.8. The van der Waals surface area contributed by atoms with Gasteiger partial charge in [-0.2, -0.15) is 0 Å². The van der Waals surface area contributed by atoms with Crippen LogP contribution >= 0.6 is 0 Å². The first-order chi connectivity index (χ1) is 15.7. The maximum Gasteiger partial charge on any atom is 0.341 e. The van der Waals surface area contributed by atoms with Gasteiger partial charge in [-0.25, -0.2) is 14.8 Å². The average molecular weight is 437 g/mol. The van der Waals surface area contributed by atoms with Crippen LogP contribution < -0.4 is 5.32 Å². The lowest BCUT2D eigenvalue weighted by atomic mass is 9.71. The molecule has 0 atom stereocenters. The molecule has 0 unspecified atom stereocenters. The molecule has 1 aliphatic carbocycles. The van der Waals surface area contributed by atoms with Gasteiger partial charge in [-0.15, -0.1) is 0 Å². The molecule has 0 spiro atoms. The summed E-state index contributed by atoms with van der Waals surface area (Å²) in [6.07, 6.45) is 8.79. The third-order valence-electron chi connectivity index (χ3n) is 7.32. The molecule has 7 nitrogen and oxygen atoms in total. The summed E-state index contributed by atoms with van der Waals surface area (Å²) in [4.78, 5) is 23.1. The molecule has 1 N–H and O–H groups in total. The molecule has 0 radical (unpaired) electrons. The van der Waals surface area contributed by atoms with E-state index < -0.39 is 0 Å². The van der Waals surface area contributed by atoms with Crippen molar-refractivity contribution in [3.63, 3.8) is 0 Å². The van der Waals surface area contributed by atoms with E-state index in [1.165, 1.54) is 55.9 Å². The van der Waals surface area contributed by atoms with Crippen LogP contribution in [0.2, 0.25) is 0 Å². The number of rotatable bonds is 7. The van der Waals surface area contributed by atoms with E-state index in [0.29, 0.717) is 30.1 Å². The maximum absolute atomic E-state index is 11.8. The molecule has 3 fully saturated rings. The van der Waals surface area contributed by atoms with Gasteiger partial charge in [0.05, 0.1) is 37.0 Å². The molecule has 2 saturated heterocycles. The van der Waals surface area contributed by atoms with Gasteiger partial charge in [0.2, 0.25) is 5.95 Å². The Balaban J connectivity index is 1.23. The number of ether oxygens (including phenoxy) is 2. The predicted octanol–water partition coefficient (Wildman–Crippen LogP) is 3.72. The third-order valence-corrected chi connectivity index (χ3v) is 7.32. The van der Waals surface area contributed by atoms with Gasteiger partial charge in [-0.3, -0.25) is 4.90 Å². The Morgan fingerprint density at radius 2 is 1.84 bits per heavy atom. The molecule has 1 aromatic carbocycles. The Kier molecular flexibility index (Phi) is 6.11. The van der Waals surface area contributed by atoms with Crippen LogP contribution in [0.1, 0.15) is 66.4 Å². The van der Waals surface area contributed by atoms with Gasteiger partial charge < -0.3 is 14.8 Å². The van der Waals surface area contributed by atoms with E-state index in [-0.39, 0.29) is 11.5 Å². The summed E-state index contributed by atoms with van der Waals surface area (Å²) >= 11 is 0. The van der Waals surface area contributed by atoms with Crippen LogP contribution in [0.5, 0.6) is 0 Å². The van der Waals surface area contributed by atoms with Gasteiger partial charge in [0.25, 0.3) is 0 Å².